The van der Waals surface area contributed by atoms with Crippen molar-refractivity contribution in [2.24, 2.45) is 0 Å². The molecule has 4 rings (SSSR count). The van der Waals surface area contributed by atoms with E-state index in [2.05, 4.69) is 5.32 Å². The molecule has 1 aliphatic rings. The molecular formula is C27H30F2N4O3. The Labute approximate surface area is 208 Å². The Morgan fingerprint density at radius 1 is 1.06 bits per heavy atom. The summed E-state index contributed by atoms with van der Waals surface area (Å²) in [6, 6.07) is 11.1. The molecular weight excluding hydrogens is 466 g/mol. The molecule has 36 heavy (non-hydrogen) atoms. The quantitative estimate of drug-likeness (QED) is 0.545. The number of amides is 1. The molecule has 2 heterocycles. The Hall–Kier alpha value is -3.75. The van der Waals surface area contributed by atoms with E-state index in [4.69, 9.17) is 9.72 Å². The molecule has 0 fully saturated rings. The zero-order chi connectivity index (χ0) is 26.0. The van der Waals surface area contributed by atoms with Gasteiger partial charge in [-0.2, -0.15) is 0 Å². The highest BCUT2D eigenvalue weighted by molar-refractivity contribution is 5.68. The molecule has 0 radical (unpaired) electrons. The summed E-state index contributed by atoms with van der Waals surface area (Å²) in [4.78, 5) is 32.9. The molecule has 1 amide bonds. The number of ether oxygens (including phenoxy) is 1. The van der Waals surface area contributed by atoms with Gasteiger partial charge in [-0.25, -0.2) is 18.6 Å². The van der Waals surface area contributed by atoms with Gasteiger partial charge in [-0.05, 0) is 69.5 Å². The number of hydrogen-bond donors (Lipinski definition) is 1. The van der Waals surface area contributed by atoms with E-state index >= 15 is 0 Å². The Morgan fingerprint density at radius 3 is 2.11 bits per heavy atom. The second kappa shape index (κ2) is 10.1. The van der Waals surface area contributed by atoms with Crippen LogP contribution in [0.2, 0.25) is 0 Å². The largest absolute Gasteiger partial charge is 0.444 e. The number of hydrogen-bond acceptors (Lipinski definition) is 5. The van der Waals surface area contributed by atoms with E-state index in [1.807, 2.05) is 6.92 Å². The third-order valence-corrected chi connectivity index (χ3v) is 5.88. The van der Waals surface area contributed by atoms with Gasteiger partial charge < -0.3 is 15.0 Å². The summed E-state index contributed by atoms with van der Waals surface area (Å²) >= 11 is 0. The van der Waals surface area contributed by atoms with Crippen LogP contribution in [0.4, 0.5) is 19.5 Å². The summed E-state index contributed by atoms with van der Waals surface area (Å²) in [6.45, 7) is 8.23. The lowest BCUT2D eigenvalue weighted by molar-refractivity contribution is 0.0220. The van der Waals surface area contributed by atoms with E-state index in [0.29, 0.717) is 47.8 Å². The van der Waals surface area contributed by atoms with Crippen LogP contribution < -0.4 is 10.9 Å². The fourth-order valence-electron chi connectivity index (χ4n) is 4.29. The average Bonchev–Trinajstić information content (AvgIpc) is 2.82. The van der Waals surface area contributed by atoms with Gasteiger partial charge in [-0.3, -0.25) is 9.36 Å². The van der Waals surface area contributed by atoms with Crippen LogP contribution in [-0.4, -0.2) is 39.2 Å². The van der Waals surface area contributed by atoms with Crippen molar-refractivity contribution in [1.82, 2.24) is 14.5 Å². The molecule has 7 nitrogen and oxygen atoms in total. The third kappa shape index (κ3) is 5.40. The minimum atomic E-state index is -0.672. The van der Waals surface area contributed by atoms with Gasteiger partial charge in [0.15, 0.2) is 0 Å². The van der Waals surface area contributed by atoms with Crippen LogP contribution in [0.3, 0.4) is 0 Å². The fourth-order valence-corrected chi connectivity index (χ4v) is 4.29. The van der Waals surface area contributed by atoms with Gasteiger partial charge in [-0.1, -0.05) is 24.3 Å². The molecule has 2 aromatic carbocycles. The van der Waals surface area contributed by atoms with E-state index in [0.717, 1.165) is 0 Å². The van der Waals surface area contributed by atoms with Crippen LogP contribution in [0.15, 0.2) is 53.3 Å². The number of aromatic nitrogens is 2. The first-order chi connectivity index (χ1) is 17.1. The zero-order valence-electron chi connectivity index (χ0n) is 20.8. The van der Waals surface area contributed by atoms with Crippen molar-refractivity contribution in [2.75, 3.05) is 18.4 Å². The summed E-state index contributed by atoms with van der Waals surface area (Å²) in [7, 11) is 0. The summed E-state index contributed by atoms with van der Waals surface area (Å²) in [6.07, 6.45) is -0.147. The van der Waals surface area contributed by atoms with Gasteiger partial charge in [0, 0.05) is 18.7 Å². The molecule has 0 aliphatic carbocycles. The lowest BCUT2D eigenvalue weighted by atomic mass is 9.97. The van der Waals surface area contributed by atoms with Crippen molar-refractivity contribution in [2.45, 2.75) is 52.3 Å². The first-order valence-electron chi connectivity index (χ1n) is 11.9. The summed E-state index contributed by atoms with van der Waals surface area (Å²) in [5, 5.41) is 3.16. The number of carbonyl (C=O) groups is 1. The Kier molecular flexibility index (Phi) is 7.10. The monoisotopic (exact) mass is 496 g/mol. The molecule has 0 saturated heterocycles. The van der Waals surface area contributed by atoms with Crippen molar-refractivity contribution < 1.29 is 18.3 Å². The normalized spacial score (nSPS) is 13.5. The predicted octanol–water partition coefficient (Wildman–Crippen LogP) is 4.88. The van der Waals surface area contributed by atoms with Crippen LogP contribution in [0.5, 0.6) is 0 Å². The lowest BCUT2D eigenvalue weighted by Crippen LogP contribution is -2.43. The molecule has 0 bridgehead atoms. The van der Waals surface area contributed by atoms with Gasteiger partial charge >= 0.3 is 6.09 Å². The molecule has 1 aromatic heterocycles. The number of anilines is 1. The van der Waals surface area contributed by atoms with Crippen LogP contribution >= 0.6 is 0 Å². The van der Waals surface area contributed by atoms with Gasteiger partial charge in [0.2, 0.25) is 5.95 Å². The smallest absolute Gasteiger partial charge is 0.410 e. The van der Waals surface area contributed by atoms with Gasteiger partial charge in [0.05, 0.1) is 18.3 Å². The number of nitrogens with one attached hydrogen (secondary N) is 1. The molecule has 9 heteroatoms. The molecule has 3 aromatic rings. The highest BCUT2D eigenvalue weighted by Gasteiger charge is 2.31. The fraction of sp³-hybridized carbons (Fsp3) is 0.370. The molecule has 190 valence electrons. The van der Waals surface area contributed by atoms with Gasteiger partial charge in [0.1, 0.15) is 17.2 Å². The number of carbonyl (C=O) groups excluding carboxylic acids is 1. The maximum atomic E-state index is 13.9. The SMILES string of the molecule is CCNc1nc2c(c(=O)n1C(c1ccc(F)cc1)c1ccc(F)cc1)CCN(C(=O)OC(C)(C)C)C2. The van der Waals surface area contributed by atoms with E-state index in [-0.39, 0.29) is 12.1 Å². The molecule has 0 atom stereocenters. The maximum absolute atomic E-state index is 13.9. The first-order valence-corrected chi connectivity index (χ1v) is 11.9. The van der Waals surface area contributed by atoms with Crippen LogP contribution in [0.1, 0.15) is 56.1 Å². The summed E-state index contributed by atoms with van der Waals surface area (Å²) in [5.74, 6) is -0.491. The Bertz CT molecular complexity index is 1250. The molecule has 1 N–H and O–H groups in total. The van der Waals surface area contributed by atoms with E-state index < -0.39 is 29.4 Å². The average molecular weight is 497 g/mol. The van der Waals surface area contributed by atoms with Crippen molar-refractivity contribution in [1.29, 1.82) is 0 Å². The predicted molar refractivity (Wildman–Crippen MR) is 133 cm³/mol. The van der Waals surface area contributed by atoms with E-state index in [1.54, 1.807) is 45.0 Å². The number of rotatable bonds is 5. The number of halogens is 2. The molecule has 0 saturated carbocycles. The van der Waals surface area contributed by atoms with E-state index in [9.17, 15) is 18.4 Å². The Balaban J connectivity index is 1.83. The highest BCUT2D eigenvalue weighted by Crippen LogP contribution is 2.30. The Morgan fingerprint density at radius 2 is 1.61 bits per heavy atom. The van der Waals surface area contributed by atoms with Crippen LogP contribution in [0, 0.1) is 11.6 Å². The van der Waals surface area contributed by atoms with Gasteiger partial charge in [-0.15, -0.1) is 0 Å². The second-order valence-electron chi connectivity index (χ2n) is 9.72. The number of nitrogens with zero attached hydrogens (tertiary/aromatic N) is 3. The van der Waals surface area contributed by atoms with Crippen molar-refractivity contribution in [3.8, 4) is 0 Å². The van der Waals surface area contributed by atoms with Crippen molar-refractivity contribution in [3.63, 3.8) is 0 Å². The lowest BCUT2D eigenvalue weighted by Gasteiger charge is -2.32. The maximum Gasteiger partial charge on any atom is 0.410 e. The number of benzene rings is 2. The summed E-state index contributed by atoms with van der Waals surface area (Å²) in [5.41, 5.74) is 1.40. The topological polar surface area (TPSA) is 76.5 Å². The molecule has 1 aliphatic heterocycles. The minimum Gasteiger partial charge on any atom is -0.444 e. The van der Waals surface area contributed by atoms with Crippen molar-refractivity contribution in [3.05, 3.63) is 92.9 Å². The first kappa shape index (κ1) is 25.3. The van der Waals surface area contributed by atoms with Crippen molar-refractivity contribution >= 4 is 12.0 Å². The van der Waals surface area contributed by atoms with E-state index in [1.165, 1.54) is 33.7 Å². The van der Waals surface area contributed by atoms with Crippen LogP contribution in [0.25, 0.3) is 0 Å². The second-order valence-corrected chi connectivity index (χ2v) is 9.72. The summed E-state index contributed by atoms with van der Waals surface area (Å²) < 4.78 is 34.5. The third-order valence-electron chi connectivity index (χ3n) is 5.88. The number of fused-ring (bicyclic) bond motifs is 1. The molecule has 0 unspecified atom stereocenters. The zero-order valence-corrected chi connectivity index (χ0v) is 20.8. The minimum absolute atomic E-state index is 0.149. The highest BCUT2D eigenvalue weighted by atomic mass is 19.1. The standard InChI is InChI=1S/C27H30F2N4O3/c1-5-30-25-31-22-16-32(26(35)36-27(2,3)4)15-14-21(22)24(34)33(25)23(17-6-10-19(28)11-7-17)18-8-12-20(29)13-9-18/h6-13,23H,5,14-16H2,1-4H3,(H,30,31). The van der Waals surface area contributed by atoms with Crippen LogP contribution in [-0.2, 0) is 17.7 Å². The molecule has 0 spiro atoms. The van der Waals surface area contributed by atoms with Gasteiger partial charge in [0.25, 0.3) is 5.56 Å².